The van der Waals surface area contributed by atoms with Gasteiger partial charge in [-0.05, 0) is 46.5 Å². The van der Waals surface area contributed by atoms with Gasteiger partial charge in [-0.3, -0.25) is 0 Å². The normalized spacial score (nSPS) is 17.4. The molecule has 14 heavy (non-hydrogen) atoms. The lowest BCUT2D eigenvalue weighted by Gasteiger charge is -2.12. The van der Waals surface area contributed by atoms with Gasteiger partial charge in [0.05, 0.1) is 4.47 Å². The van der Waals surface area contributed by atoms with Gasteiger partial charge in [-0.15, -0.1) is 12.4 Å². The second-order valence-electron chi connectivity index (χ2n) is 3.61. The third kappa shape index (κ3) is 1.95. The van der Waals surface area contributed by atoms with Crippen molar-refractivity contribution in [1.82, 2.24) is 0 Å². The summed E-state index contributed by atoms with van der Waals surface area (Å²) in [6, 6.07) is 5.29. The van der Waals surface area contributed by atoms with Crippen molar-refractivity contribution < 1.29 is 4.39 Å². The summed E-state index contributed by atoms with van der Waals surface area (Å²) in [6.07, 6.45) is 2.18. The van der Waals surface area contributed by atoms with E-state index < -0.39 is 0 Å². The average Bonchev–Trinajstić information content (AvgIpc) is 2.90. The summed E-state index contributed by atoms with van der Waals surface area (Å²) in [5, 5.41) is 0. The lowest BCUT2D eigenvalue weighted by Crippen LogP contribution is -2.19. The minimum absolute atomic E-state index is 0. The van der Waals surface area contributed by atoms with Crippen molar-refractivity contribution in [2.45, 2.75) is 18.3 Å². The molecule has 2 rings (SSSR count). The highest BCUT2D eigenvalue weighted by atomic mass is 79.9. The van der Waals surface area contributed by atoms with Crippen LogP contribution in [-0.2, 0) is 5.41 Å². The molecule has 1 aromatic rings. The van der Waals surface area contributed by atoms with Crippen LogP contribution in [0, 0.1) is 5.82 Å². The molecule has 1 aliphatic carbocycles. The molecule has 0 radical (unpaired) electrons. The van der Waals surface area contributed by atoms with Gasteiger partial charge in [0.15, 0.2) is 0 Å². The Morgan fingerprint density at radius 3 is 2.50 bits per heavy atom. The van der Waals surface area contributed by atoms with Crippen molar-refractivity contribution in [3.63, 3.8) is 0 Å². The topological polar surface area (TPSA) is 26.0 Å². The van der Waals surface area contributed by atoms with Gasteiger partial charge in [0.2, 0.25) is 0 Å². The van der Waals surface area contributed by atoms with Crippen LogP contribution < -0.4 is 5.73 Å². The maximum Gasteiger partial charge on any atom is 0.137 e. The molecule has 78 valence electrons. The number of hydrogen-bond acceptors (Lipinski definition) is 1. The molecule has 2 N–H and O–H groups in total. The predicted molar refractivity (Wildman–Crippen MR) is 61.3 cm³/mol. The standard InChI is InChI=1S/C10H11BrFN.ClH/c11-8-2-1-7(5-9(8)12)10(6-13)3-4-10;/h1-2,5H,3-4,6,13H2;1H. The highest BCUT2D eigenvalue weighted by molar-refractivity contribution is 9.10. The summed E-state index contributed by atoms with van der Waals surface area (Å²) in [5.74, 6) is -0.197. The maximum absolute atomic E-state index is 13.2. The van der Waals surface area contributed by atoms with Crippen LogP contribution in [0.5, 0.6) is 0 Å². The quantitative estimate of drug-likeness (QED) is 0.885. The van der Waals surface area contributed by atoms with Gasteiger partial charge >= 0.3 is 0 Å². The fraction of sp³-hybridized carbons (Fsp3) is 0.400. The minimum Gasteiger partial charge on any atom is -0.330 e. The maximum atomic E-state index is 13.2. The first-order valence-electron chi connectivity index (χ1n) is 4.33. The third-order valence-corrected chi connectivity index (χ3v) is 3.42. The number of benzene rings is 1. The van der Waals surface area contributed by atoms with Gasteiger partial charge in [-0.2, -0.15) is 0 Å². The smallest absolute Gasteiger partial charge is 0.137 e. The number of hydrogen-bond donors (Lipinski definition) is 1. The van der Waals surface area contributed by atoms with Crippen molar-refractivity contribution in [3.8, 4) is 0 Å². The Labute approximate surface area is 97.4 Å². The summed E-state index contributed by atoms with van der Waals surface area (Å²) in [7, 11) is 0. The molecule has 1 nitrogen and oxygen atoms in total. The fourth-order valence-electron chi connectivity index (χ4n) is 1.59. The molecule has 1 fully saturated rings. The minimum atomic E-state index is -0.197. The second-order valence-corrected chi connectivity index (χ2v) is 4.47. The summed E-state index contributed by atoms with van der Waals surface area (Å²) in [4.78, 5) is 0. The molecule has 0 aromatic heterocycles. The molecule has 0 heterocycles. The summed E-state index contributed by atoms with van der Waals surface area (Å²) in [5.41, 5.74) is 6.78. The van der Waals surface area contributed by atoms with Gasteiger partial charge < -0.3 is 5.73 Å². The zero-order valence-corrected chi connectivity index (χ0v) is 10.00. The van der Waals surface area contributed by atoms with E-state index in [1.54, 1.807) is 12.1 Å². The first-order chi connectivity index (χ1) is 6.18. The van der Waals surface area contributed by atoms with Crippen LogP contribution in [0.25, 0.3) is 0 Å². The van der Waals surface area contributed by atoms with Crippen LogP contribution in [-0.4, -0.2) is 6.54 Å². The molecule has 1 aromatic carbocycles. The van der Waals surface area contributed by atoms with Gasteiger partial charge in [-0.25, -0.2) is 4.39 Å². The van der Waals surface area contributed by atoms with Gasteiger partial charge in [0.25, 0.3) is 0 Å². The van der Waals surface area contributed by atoms with Crippen LogP contribution in [0.15, 0.2) is 22.7 Å². The second kappa shape index (κ2) is 4.17. The Morgan fingerprint density at radius 1 is 1.43 bits per heavy atom. The van der Waals surface area contributed by atoms with Gasteiger partial charge in [0.1, 0.15) is 5.82 Å². The van der Waals surface area contributed by atoms with Crippen molar-refractivity contribution in [2.75, 3.05) is 6.54 Å². The lowest BCUT2D eigenvalue weighted by molar-refractivity contribution is 0.610. The highest BCUT2D eigenvalue weighted by Crippen LogP contribution is 2.47. The molecular formula is C10H12BrClFN. The Morgan fingerprint density at radius 2 is 2.07 bits per heavy atom. The van der Waals surface area contributed by atoms with Gasteiger partial charge in [0, 0.05) is 12.0 Å². The molecule has 1 aliphatic rings. The fourth-order valence-corrected chi connectivity index (χ4v) is 1.83. The lowest BCUT2D eigenvalue weighted by atomic mass is 9.96. The molecule has 0 amide bonds. The molecule has 0 aliphatic heterocycles. The average molecular weight is 281 g/mol. The van der Waals surface area contributed by atoms with Crippen LogP contribution >= 0.6 is 28.3 Å². The van der Waals surface area contributed by atoms with E-state index in [-0.39, 0.29) is 23.6 Å². The SMILES string of the molecule is Cl.NCC1(c2ccc(Br)c(F)c2)CC1. The zero-order valence-electron chi connectivity index (χ0n) is 7.59. The van der Waals surface area contributed by atoms with E-state index in [9.17, 15) is 4.39 Å². The molecule has 4 heteroatoms. The van der Waals surface area contributed by atoms with Crippen LogP contribution in [0.4, 0.5) is 4.39 Å². The number of halogens is 3. The highest BCUT2D eigenvalue weighted by Gasteiger charge is 2.42. The molecule has 1 saturated carbocycles. The van der Waals surface area contributed by atoms with E-state index in [1.807, 2.05) is 6.07 Å². The summed E-state index contributed by atoms with van der Waals surface area (Å²) in [6.45, 7) is 0.619. The Bertz CT molecular complexity index is 339. The molecule has 0 saturated heterocycles. The monoisotopic (exact) mass is 279 g/mol. The van der Waals surface area contributed by atoms with Crippen molar-refractivity contribution in [2.24, 2.45) is 5.73 Å². The van der Waals surface area contributed by atoms with E-state index in [2.05, 4.69) is 15.9 Å². The zero-order chi connectivity index (χ0) is 9.47. The van der Waals surface area contributed by atoms with Crippen molar-refractivity contribution in [1.29, 1.82) is 0 Å². The van der Waals surface area contributed by atoms with Crippen LogP contribution in [0.3, 0.4) is 0 Å². The summed E-state index contributed by atoms with van der Waals surface area (Å²) >= 11 is 3.13. The summed E-state index contributed by atoms with van der Waals surface area (Å²) < 4.78 is 13.7. The van der Waals surface area contributed by atoms with Gasteiger partial charge in [-0.1, -0.05) is 6.07 Å². The predicted octanol–water partition coefficient (Wildman–Crippen LogP) is 3.00. The number of rotatable bonds is 2. The van der Waals surface area contributed by atoms with E-state index >= 15 is 0 Å². The first-order valence-corrected chi connectivity index (χ1v) is 5.13. The van der Waals surface area contributed by atoms with E-state index in [1.165, 1.54) is 0 Å². The Balaban J connectivity index is 0.000000980. The molecular weight excluding hydrogens is 268 g/mol. The first kappa shape index (κ1) is 12.0. The van der Waals surface area contributed by atoms with E-state index in [0.29, 0.717) is 11.0 Å². The number of nitrogens with two attached hydrogens (primary N) is 1. The third-order valence-electron chi connectivity index (χ3n) is 2.78. The molecule has 0 unspecified atom stereocenters. The van der Waals surface area contributed by atoms with Crippen molar-refractivity contribution >= 4 is 28.3 Å². The van der Waals surface area contributed by atoms with E-state index in [0.717, 1.165) is 18.4 Å². The largest absolute Gasteiger partial charge is 0.330 e. The van der Waals surface area contributed by atoms with Crippen LogP contribution in [0.2, 0.25) is 0 Å². The Hall–Kier alpha value is -0.120. The Kier molecular flexibility index (Phi) is 3.56. The molecule has 0 spiro atoms. The van der Waals surface area contributed by atoms with Crippen LogP contribution in [0.1, 0.15) is 18.4 Å². The molecule has 0 atom stereocenters. The van der Waals surface area contributed by atoms with E-state index in [4.69, 9.17) is 5.73 Å². The molecule has 0 bridgehead atoms. The van der Waals surface area contributed by atoms with Crippen molar-refractivity contribution in [3.05, 3.63) is 34.1 Å².